The summed E-state index contributed by atoms with van der Waals surface area (Å²) in [6.07, 6.45) is 3.79. The maximum Gasteiger partial charge on any atom is 0.193 e. The van der Waals surface area contributed by atoms with E-state index in [0.717, 1.165) is 49.8 Å². The number of guanidine groups is 1. The Morgan fingerprint density at radius 2 is 1.88 bits per heavy atom. The Hall–Kier alpha value is -3.06. The van der Waals surface area contributed by atoms with Crippen LogP contribution in [0.1, 0.15) is 29.7 Å². The van der Waals surface area contributed by atoms with Crippen molar-refractivity contribution in [3.63, 3.8) is 0 Å². The molecule has 1 aliphatic heterocycles. The molecule has 0 saturated carbocycles. The van der Waals surface area contributed by atoms with Gasteiger partial charge in [-0.05, 0) is 49.3 Å². The lowest BCUT2D eigenvalue weighted by atomic mass is 9.99. The first-order valence-corrected chi connectivity index (χ1v) is 11.5. The second-order valence-corrected chi connectivity index (χ2v) is 8.43. The normalized spacial score (nSPS) is 15.6. The van der Waals surface area contributed by atoms with Gasteiger partial charge in [-0.1, -0.05) is 48.5 Å². The van der Waals surface area contributed by atoms with Crippen LogP contribution >= 0.6 is 24.0 Å². The van der Waals surface area contributed by atoms with Crippen molar-refractivity contribution in [3.8, 4) is 11.8 Å². The number of anilines is 1. The summed E-state index contributed by atoms with van der Waals surface area (Å²) in [5.41, 5.74) is 9.66. The van der Waals surface area contributed by atoms with Gasteiger partial charge in [0.15, 0.2) is 5.96 Å². The van der Waals surface area contributed by atoms with Gasteiger partial charge in [0, 0.05) is 26.7 Å². The number of hydrogen-bond donors (Lipinski definition) is 2. The Morgan fingerprint density at radius 3 is 2.56 bits per heavy atom. The molecule has 2 heterocycles. The Morgan fingerprint density at radius 1 is 1.18 bits per heavy atom. The van der Waals surface area contributed by atoms with E-state index in [2.05, 4.69) is 56.7 Å². The van der Waals surface area contributed by atoms with Crippen LogP contribution in [-0.4, -0.2) is 47.3 Å². The average Bonchev–Trinajstić information content (AvgIpc) is 3.44. The highest BCUT2D eigenvalue weighted by atomic mass is 127. The molecule has 0 amide bonds. The van der Waals surface area contributed by atoms with Crippen molar-refractivity contribution >= 4 is 35.8 Å². The zero-order chi connectivity index (χ0) is 23.0. The number of halogens is 1. The summed E-state index contributed by atoms with van der Waals surface area (Å²) in [7, 11) is 1.84. The minimum Gasteiger partial charge on any atom is -0.382 e. The molecule has 3 aromatic rings. The molecule has 178 valence electrons. The van der Waals surface area contributed by atoms with Gasteiger partial charge in [0.05, 0.1) is 11.4 Å². The van der Waals surface area contributed by atoms with E-state index in [1.165, 1.54) is 12.0 Å². The lowest BCUT2D eigenvalue weighted by Gasteiger charge is -2.21. The molecule has 1 aliphatic rings. The van der Waals surface area contributed by atoms with E-state index < -0.39 is 0 Å². The van der Waals surface area contributed by atoms with Crippen LogP contribution in [-0.2, 0) is 12.8 Å². The number of rotatable bonds is 7. The molecule has 1 unspecified atom stereocenters. The summed E-state index contributed by atoms with van der Waals surface area (Å²) in [6, 6.07) is 22.6. The van der Waals surface area contributed by atoms with Gasteiger partial charge in [0.1, 0.15) is 17.5 Å². The second kappa shape index (κ2) is 12.4. The quantitative estimate of drug-likeness (QED) is 0.194. The Bertz CT molecular complexity index is 1120. The molecule has 0 aliphatic carbocycles. The fourth-order valence-corrected chi connectivity index (χ4v) is 4.47. The second-order valence-electron chi connectivity index (χ2n) is 8.43. The molecular weight excluding hydrogens is 537 g/mol. The van der Waals surface area contributed by atoms with Crippen LogP contribution in [0.25, 0.3) is 5.69 Å². The summed E-state index contributed by atoms with van der Waals surface area (Å²) in [4.78, 5) is 6.83. The summed E-state index contributed by atoms with van der Waals surface area (Å²) in [5, 5.41) is 17.7. The van der Waals surface area contributed by atoms with Crippen LogP contribution < -0.4 is 11.1 Å². The number of aromatic nitrogens is 2. The van der Waals surface area contributed by atoms with Crippen molar-refractivity contribution in [2.24, 2.45) is 10.9 Å². The Balaban J connectivity index is 0.00000324. The topological polar surface area (TPSA) is 95.3 Å². The zero-order valence-corrected chi connectivity index (χ0v) is 21.9. The van der Waals surface area contributed by atoms with Gasteiger partial charge in [0.25, 0.3) is 0 Å². The van der Waals surface area contributed by atoms with E-state index >= 15 is 0 Å². The van der Waals surface area contributed by atoms with Gasteiger partial charge in [0.2, 0.25) is 0 Å². The molecule has 0 radical (unpaired) electrons. The Labute approximate surface area is 218 Å². The van der Waals surface area contributed by atoms with Gasteiger partial charge in [-0.25, -0.2) is 4.68 Å². The van der Waals surface area contributed by atoms with Crippen LogP contribution in [0.15, 0.2) is 65.7 Å². The SMILES string of the molecule is CN=C(NCCCc1nn(-c2ccccc2)c(N)c1C#N)N1CCC(Cc2ccccc2)C1.I. The van der Waals surface area contributed by atoms with Crippen molar-refractivity contribution in [1.29, 1.82) is 5.26 Å². The number of nitrogens with one attached hydrogen (secondary N) is 1. The first-order chi connectivity index (χ1) is 16.2. The van der Waals surface area contributed by atoms with E-state index in [1.54, 1.807) is 4.68 Å². The minimum absolute atomic E-state index is 0. The summed E-state index contributed by atoms with van der Waals surface area (Å²) < 4.78 is 1.65. The summed E-state index contributed by atoms with van der Waals surface area (Å²) in [5.74, 6) is 1.98. The van der Waals surface area contributed by atoms with Crippen molar-refractivity contribution < 1.29 is 0 Å². The molecule has 1 atom stereocenters. The third-order valence-corrected chi connectivity index (χ3v) is 6.14. The fourth-order valence-electron chi connectivity index (χ4n) is 4.47. The van der Waals surface area contributed by atoms with E-state index in [0.29, 0.717) is 23.7 Å². The molecule has 4 rings (SSSR count). The molecule has 0 spiro atoms. The van der Waals surface area contributed by atoms with Gasteiger partial charge in [-0.3, -0.25) is 4.99 Å². The molecule has 34 heavy (non-hydrogen) atoms. The van der Waals surface area contributed by atoms with Gasteiger partial charge in [-0.2, -0.15) is 10.4 Å². The third kappa shape index (κ3) is 6.08. The molecule has 2 aromatic carbocycles. The highest BCUT2D eigenvalue weighted by Gasteiger charge is 2.25. The monoisotopic (exact) mass is 569 g/mol. The van der Waals surface area contributed by atoms with Crippen LogP contribution in [0.5, 0.6) is 0 Å². The summed E-state index contributed by atoms with van der Waals surface area (Å²) >= 11 is 0. The number of nitrogen functional groups attached to an aromatic ring is 1. The van der Waals surface area contributed by atoms with E-state index in [9.17, 15) is 5.26 Å². The molecular formula is C26H32IN7. The number of nitrogens with two attached hydrogens (primary N) is 1. The number of nitrogens with zero attached hydrogens (tertiary/aromatic N) is 5. The number of nitriles is 1. The predicted octanol–water partition coefficient (Wildman–Crippen LogP) is 4.02. The fraction of sp³-hybridized carbons (Fsp3) is 0.346. The third-order valence-electron chi connectivity index (χ3n) is 6.14. The first-order valence-electron chi connectivity index (χ1n) is 11.5. The number of hydrogen-bond acceptors (Lipinski definition) is 4. The average molecular weight is 569 g/mol. The molecule has 1 fully saturated rings. The van der Waals surface area contributed by atoms with Gasteiger partial charge < -0.3 is 16.0 Å². The molecule has 8 heteroatoms. The minimum atomic E-state index is 0. The summed E-state index contributed by atoms with van der Waals surface area (Å²) in [6.45, 7) is 2.80. The van der Waals surface area contributed by atoms with Gasteiger partial charge in [-0.15, -0.1) is 24.0 Å². The van der Waals surface area contributed by atoms with Crippen LogP contribution in [0.4, 0.5) is 5.82 Å². The van der Waals surface area contributed by atoms with Crippen LogP contribution in [0, 0.1) is 17.2 Å². The lowest BCUT2D eigenvalue weighted by Crippen LogP contribution is -2.40. The molecule has 3 N–H and O–H groups in total. The van der Waals surface area contributed by atoms with Crippen LogP contribution in [0.2, 0.25) is 0 Å². The maximum atomic E-state index is 9.59. The largest absolute Gasteiger partial charge is 0.382 e. The van der Waals surface area contributed by atoms with Crippen molar-refractivity contribution in [3.05, 3.63) is 77.5 Å². The number of benzene rings is 2. The van der Waals surface area contributed by atoms with Crippen molar-refractivity contribution in [2.75, 3.05) is 32.4 Å². The van der Waals surface area contributed by atoms with Crippen LogP contribution in [0.3, 0.4) is 0 Å². The highest BCUT2D eigenvalue weighted by Crippen LogP contribution is 2.22. The molecule has 0 bridgehead atoms. The van der Waals surface area contributed by atoms with Crippen molar-refractivity contribution in [1.82, 2.24) is 20.0 Å². The maximum absolute atomic E-state index is 9.59. The standard InChI is InChI=1S/C26H31N7.HI/c1-29-26(32-16-14-21(19-32)17-20-9-4-2-5-10-20)30-15-8-13-24-23(18-27)25(28)33(31-24)22-11-6-3-7-12-22;/h2-7,9-12,21H,8,13-17,19,28H2,1H3,(H,29,30);1H. The molecule has 1 saturated heterocycles. The predicted molar refractivity (Wildman–Crippen MR) is 148 cm³/mol. The Kier molecular flexibility index (Phi) is 9.33. The first kappa shape index (κ1) is 25.6. The number of aliphatic imine (C=N–C) groups is 1. The van der Waals surface area contributed by atoms with E-state index in [4.69, 9.17) is 5.73 Å². The number of aryl methyl sites for hydroxylation is 1. The highest BCUT2D eigenvalue weighted by molar-refractivity contribution is 14.0. The number of para-hydroxylation sites is 1. The lowest BCUT2D eigenvalue weighted by molar-refractivity contribution is 0.459. The van der Waals surface area contributed by atoms with Gasteiger partial charge >= 0.3 is 0 Å². The smallest absolute Gasteiger partial charge is 0.193 e. The number of likely N-dealkylation sites (tertiary alicyclic amines) is 1. The molecule has 7 nitrogen and oxygen atoms in total. The van der Waals surface area contributed by atoms with E-state index in [-0.39, 0.29) is 24.0 Å². The molecule has 1 aromatic heterocycles. The zero-order valence-electron chi connectivity index (χ0n) is 19.5. The van der Waals surface area contributed by atoms with E-state index in [1.807, 2.05) is 37.4 Å². The van der Waals surface area contributed by atoms with Crippen molar-refractivity contribution in [2.45, 2.75) is 25.7 Å².